The molecule has 3 aromatic rings. The van der Waals surface area contributed by atoms with Gasteiger partial charge in [-0.25, -0.2) is 4.68 Å². The van der Waals surface area contributed by atoms with Crippen molar-refractivity contribution in [3.8, 4) is 16.8 Å². The first-order valence-electron chi connectivity index (χ1n) is 7.67. The fraction of sp³-hybridized carbons (Fsp3) is 0.211. The fourth-order valence-electron chi connectivity index (χ4n) is 2.80. The topological polar surface area (TPSA) is 37.8 Å². The number of para-hydroxylation sites is 1. The maximum atomic E-state index is 12.9. The van der Waals surface area contributed by atoms with Crippen LogP contribution in [-0.4, -0.2) is 9.78 Å². The second kappa shape index (κ2) is 6.06. The van der Waals surface area contributed by atoms with Gasteiger partial charge in [0.15, 0.2) is 0 Å². The van der Waals surface area contributed by atoms with E-state index in [9.17, 15) is 4.79 Å². The van der Waals surface area contributed by atoms with E-state index in [0.717, 1.165) is 40.9 Å². The summed E-state index contributed by atoms with van der Waals surface area (Å²) in [5.74, 6) is 0. The van der Waals surface area contributed by atoms with E-state index in [4.69, 9.17) is 0 Å². The van der Waals surface area contributed by atoms with Crippen molar-refractivity contribution in [3.05, 3.63) is 76.2 Å². The van der Waals surface area contributed by atoms with Crippen LogP contribution in [0.2, 0.25) is 0 Å². The van der Waals surface area contributed by atoms with Crippen molar-refractivity contribution in [2.75, 3.05) is 0 Å². The lowest BCUT2D eigenvalue weighted by Gasteiger charge is -2.05. The molecule has 0 radical (unpaired) electrons. The van der Waals surface area contributed by atoms with E-state index in [-0.39, 0.29) is 5.56 Å². The maximum Gasteiger partial charge on any atom is 0.279 e. The molecule has 0 aliphatic rings. The van der Waals surface area contributed by atoms with Gasteiger partial charge in [-0.2, -0.15) is 0 Å². The molecule has 3 rings (SSSR count). The highest BCUT2D eigenvalue weighted by Gasteiger charge is 2.16. The van der Waals surface area contributed by atoms with Crippen molar-refractivity contribution in [2.24, 2.45) is 0 Å². The third-order valence-electron chi connectivity index (χ3n) is 3.88. The normalized spacial score (nSPS) is 10.8. The molecule has 0 spiro atoms. The Hall–Kier alpha value is -2.55. The summed E-state index contributed by atoms with van der Waals surface area (Å²) in [6.07, 6.45) is 1.85. The van der Waals surface area contributed by atoms with Gasteiger partial charge in [-0.3, -0.25) is 9.89 Å². The molecule has 3 nitrogen and oxygen atoms in total. The number of aryl methyl sites for hydroxylation is 2. The number of aromatic nitrogens is 2. The van der Waals surface area contributed by atoms with Gasteiger partial charge < -0.3 is 0 Å². The number of nitrogens with one attached hydrogen (secondary N) is 1. The van der Waals surface area contributed by atoms with Crippen LogP contribution in [0.25, 0.3) is 16.8 Å². The van der Waals surface area contributed by atoms with Crippen LogP contribution in [-0.2, 0) is 6.42 Å². The Morgan fingerprint density at radius 1 is 1.00 bits per heavy atom. The smallest absolute Gasteiger partial charge is 0.279 e. The zero-order chi connectivity index (χ0) is 15.5. The van der Waals surface area contributed by atoms with E-state index in [1.165, 1.54) is 0 Å². The molecule has 0 atom stereocenters. The van der Waals surface area contributed by atoms with Gasteiger partial charge in [0.25, 0.3) is 5.56 Å². The van der Waals surface area contributed by atoms with Gasteiger partial charge in [-0.15, -0.1) is 0 Å². The fourth-order valence-corrected chi connectivity index (χ4v) is 2.80. The van der Waals surface area contributed by atoms with Gasteiger partial charge in [-0.1, -0.05) is 61.9 Å². The molecule has 0 bridgehead atoms. The molecule has 22 heavy (non-hydrogen) atoms. The van der Waals surface area contributed by atoms with Crippen molar-refractivity contribution in [3.63, 3.8) is 0 Å². The first-order chi connectivity index (χ1) is 10.7. The molecule has 0 saturated carbocycles. The van der Waals surface area contributed by atoms with E-state index in [0.29, 0.717) is 0 Å². The highest BCUT2D eigenvalue weighted by Crippen LogP contribution is 2.22. The number of hydrogen-bond donors (Lipinski definition) is 1. The van der Waals surface area contributed by atoms with Crippen LogP contribution in [0.4, 0.5) is 0 Å². The number of rotatable bonds is 4. The number of H-pyrrole nitrogens is 1. The quantitative estimate of drug-likeness (QED) is 0.772. The summed E-state index contributed by atoms with van der Waals surface area (Å²) in [6, 6.07) is 17.8. The number of hydrogen-bond acceptors (Lipinski definition) is 1. The van der Waals surface area contributed by atoms with Crippen LogP contribution in [0.3, 0.4) is 0 Å². The van der Waals surface area contributed by atoms with E-state index < -0.39 is 0 Å². The summed E-state index contributed by atoms with van der Waals surface area (Å²) >= 11 is 0. The van der Waals surface area contributed by atoms with Crippen molar-refractivity contribution < 1.29 is 0 Å². The van der Waals surface area contributed by atoms with Crippen molar-refractivity contribution >= 4 is 0 Å². The second-order valence-electron chi connectivity index (χ2n) is 5.51. The lowest BCUT2D eigenvalue weighted by atomic mass is 10.0. The molecule has 0 amide bonds. The molecular weight excluding hydrogens is 272 g/mol. The highest BCUT2D eigenvalue weighted by atomic mass is 16.1. The van der Waals surface area contributed by atoms with Gasteiger partial charge in [0.2, 0.25) is 0 Å². The van der Waals surface area contributed by atoms with E-state index in [1.807, 2.05) is 61.5 Å². The van der Waals surface area contributed by atoms with Gasteiger partial charge in [0.05, 0.1) is 11.3 Å². The predicted octanol–water partition coefficient (Wildman–Crippen LogP) is 4.09. The lowest BCUT2D eigenvalue weighted by molar-refractivity contribution is 0.790. The molecule has 0 aliphatic heterocycles. The van der Waals surface area contributed by atoms with Gasteiger partial charge in [-0.05, 0) is 30.5 Å². The van der Waals surface area contributed by atoms with E-state index in [2.05, 4.69) is 12.0 Å². The standard InChI is InChI=1S/C19H20N2O/c1-3-9-16-18(15-11-5-4-6-12-15)19(22)21(20-16)17-13-8-7-10-14(17)2/h4-8,10-13,20H,3,9H2,1-2H3. The molecule has 1 aromatic heterocycles. The average Bonchev–Trinajstić information content (AvgIpc) is 2.85. The van der Waals surface area contributed by atoms with Crippen LogP contribution >= 0.6 is 0 Å². The molecular formula is C19H20N2O. The van der Waals surface area contributed by atoms with Gasteiger partial charge in [0.1, 0.15) is 0 Å². The molecule has 2 aromatic carbocycles. The first-order valence-corrected chi connectivity index (χ1v) is 7.67. The summed E-state index contributed by atoms with van der Waals surface area (Å²) in [5, 5.41) is 3.31. The minimum atomic E-state index is 0.0175. The largest absolute Gasteiger partial charge is 0.294 e. The molecule has 0 saturated heterocycles. The zero-order valence-electron chi connectivity index (χ0n) is 13.0. The van der Waals surface area contributed by atoms with Crippen LogP contribution < -0.4 is 5.56 Å². The average molecular weight is 292 g/mol. The second-order valence-corrected chi connectivity index (χ2v) is 5.51. The molecule has 0 fully saturated rings. The summed E-state index contributed by atoms with van der Waals surface area (Å²) in [7, 11) is 0. The third kappa shape index (κ3) is 2.50. The maximum absolute atomic E-state index is 12.9. The molecule has 0 unspecified atom stereocenters. The summed E-state index contributed by atoms with van der Waals surface area (Å²) < 4.78 is 1.67. The minimum absolute atomic E-state index is 0.0175. The molecule has 1 heterocycles. The predicted molar refractivity (Wildman–Crippen MR) is 90.6 cm³/mol. The number of benzene rings is 2. The number of aromatic amines is 1. The van der Waals surface area contributed by atoms with Crippen LogP contribution in [0.5, 0.6) is 0 Å². The van der Waals surface area contributed by atoms with Crippen LogP contribution in [0, 0.1) is 6.92 Å². The van der Waals surface area contributed by atoms with Gasteiger partial charge in [0, 0.05) is 5.69 Å². The third-order valence-corrected chi connectivity index (χ3v) is 3.88. The highest BCUT2D eigenvalue weighted by molar-refractivity contribution is 5.66. The van der Waals surface area contributed by atoms with Gasteiger partial charge >= 0.3 is 0 Å². The molecule has 3 heteroatoms. The summed E-state index contributed by atoms with van der Waals surface area (Å²) in [6.45, 7) is 4.14. The van der Waals surface area contributed by atoms with Crippen LogP contribution in [0.15, 0.2) is 59.4 Å². The summed E-state index contributed by atoms with van der Waals surface area (Å²) in [4.78, 5) is 12.9. The number of nitrogens with zero attached hydrogens (tertiary/aromatic N) is 1. The van der Waals surface area contributed by atoms with Crippen molar-refractivity contribution in [1.82, 2.24) is 9.78 Å². The minimum Gasteiger partial charge on any atom is -0.294 e. The van der Waals surface area contributed by atoms with Crippen molar-refractivity contribution in [2.45, 2.75) is 26.7 Å². The SMILES string of the molecule is CCCc1[nH]n(-c2ccccc2C)c(=O)c1-c1ccccc1. The summed E-state index contributed by atoms with van der Waals surface area (Å²) in [5.41, 5.74) is 4.76. The lowest BCUT2D eigenvalue weighted by Crippen LogP contribution is -2.16. The Bertz CT molecular complexity index is 828. The van der Waals surface area contributed by atoms with Crippen molar-refractivity contribution in [1.29, 1.82) is 0 Å². The first kappa shape index (κ1) is 14.4. The zero-order valence-corrected chi connectivity index (χ0v) is 13.0. The monoisotopic (exact) mass is 292 g/mol. The Balaban J connectivity index is 2.23. The van der Waals surface area contributed by atoms with E-state index >= 15 is 0 Å². The van der Waals surface area contributed by atoms with E-state index in [1.54, 1.807) is 4.68 Å². The Morgan fingerprint density at radius 3 is 2.36 bits per heavy atom. The molecule has 1 N–H and O–H groups in total. The van der Waals surface area contributed by atoms with Crippen LogP contribution in [0.1, 0.15) is 24.6 Å². The Labute approximate surface area is 130 Å². The molecule has 0 aliphatic carbocycles. The Kier molecular flexibility index (Phi) is 3.96. The Morgan fingerprint density at radius 2 is 1.68 bits per heavy atom. The molecule has 112 valence electrons.